The number of fused-ring (bicyclic) bond motifs is 4. The molecule has 0 bridgehead atoms. The van der Waals surface area contributed by atoms with Crippen molar-refractivity contribution in [1.82, 2.24) is 4.98 Å². The number of hydrogen-bond acceptors (Lipinski definition) is 1. The Bertz CT molecular complexity index is 2280. The van der Waals surface area contributed by atoms with Crippen LogP contribution < -0.4 is 0 Å². The van der Waals surface area contributed by atoms with E-state index in [2.05, 4.69) is 149 Å². The maximum Gasteiger partial charge on any atom is 0.106 e. The van der Waals surface area contributed by atoms with Gasteiger partial charge in [0.05, 0.1) is 5.69 Å². The van der Waals surface area contributed by atoms with Crippen molar-refractivity contribution in [2.45, 2.75) is 0 Å². The van der Waals surface area contributed by atoms with E-state index in [4.69, 9.17) is 4.98 Å². The van der Waals surface area contributed by atoms with E-state index < -0.39 is 0 Å². The quantitative estimate of drug-likeness (QED) is 0.148. The van der Waals surface area contributed by atoms with Gasteiger partial charge in [0, 0.05) is 5.56 Å². The maximum absolute atomic E-state index is 4.79. The van der Waals surface area contributed by atoms with Crippen LogP contribution in [0, 0.1) is 0 Å². The van der Waals surface area contributed by atoms with Crippen LogP contribution in [0.25, 0.3) is 76.6 Å². The summed E-state index contributed by atoms with van der Waals surface area (Å²) < 4.78 is 0.834. The zero-order valence-corrected chi connectivity index (χ0v) is 23.8. The van der Waals surface area contributed by atoms with E-state index in [0.29, 0.717) is 0 Å². The third kappa shape index (κ3) is 4.11. The Balaban J connectivity index is 1.51. The number of aromatic nitrogens is 1. The molecular formula is C39H24BrN. The summed E-state index contributed by atoms with van der Waals surface area (Å²) >= 11 is 3.57. The highest BCUT2D eigenvalue weighted by molar-refractivity contribution is 9.10. The molecule has 192 valence electrons. The lowest BCUT2D eigenvalue weighted by atomic mass is 9.84. The highest BCUT2D eigenvalue weighted by atomic mass is 79.9. The molecule has 0 amide bonds. The van der Waals surface area contributed by atoms with Crippen molar-refractivity contribution < 1.29 is 0 Å². The monoisotopic (exact) mass is 585 g/mol. The second-order valence-electron chi connectivity index (χ2n) is 10.5. The van der Waals surface area contributed by atoms with Crippen molar-refractivity contribution in [3.8, 4) is 33.5 Å². The lowest BCUT2D eigenvalue weighted by Crippen LogP contribution is -1.92. The fourth-order valence-corrected chi connectivity index (χ4v) is 6.56. The Hall–Kier alpha value is -4.79. The van der Waals surface area contributed by atoms with Crippen molar-refractivity contribution in [3.05, 3.63) is 150 Å². The van der Waals surface area contributed by atoms with Gasteiger partial charge in [0.2, 0.25) is 0 Å². The van der Waals surface area contributed by atoms with E-state index in [1.54, 1.807) is 0 Å². The molecular weight excluding hydrogens is 562 g/mol. The van der Waals surface area contributed by atoms with Crippen molar-refractivity contribution in [2.24, 2.45) is 0 Å². The molecule has 41 heavy (non-hydrogen) atoms. The minimum Gasteiger partial charge on any atom is -0.241 e. The summed E-state index contributed by atoms with van der Waals surface area (Å²) in [7, 11) is 0. The molecule has 2 heteroatoms. The number of halogens is 1. The Kier molecular flexibility index (Phi) is 5.68. The third-order valence-electron chi connectivity index (χ3n) is 8.11. The predicted molar refractivity (Wildman–Crippen MR) is 178 cm³/mol. The highest BCUT2D eigenvalue weighted by Gasteiger charge is 2.18. The molecule has 0 spiro atoms. The molecule has 1 heterocycles. The number of pyridine rings is 1. The van der Waals surface area contributed by atoms with Crippen molar-refractivity contribution in [2.75, 3.05) is 0 Å². The summed E-state index contributed by atoms with van der Waals surface area (Å²) in [5.41, 5.74) is 7.01. The van der Waals surface area contributed by atoms with Gasteiger partial charge in [-0.05, 0) is 112 Å². The van der Waals surface area contributed by atoms with Crippen LogP contribution in [-0.2, 0) is 0 Å². The average molecular weight is 587 g/mol. The summed E-state index contributed by atoms with van der Waals surface area (Å²) in [6.45, 7) is 0. The third-order valence-corrected chi connectivity index (χ3v) is 8.55. The summed E-state index contributed by atoms with van der Waals surface area (Å²) in [6.07, 6.45) is 0. The number of hydrogen-bond donors (Lipinski definition) is 0. The van der Waals surface area contributed by atoms with E-state index in [9.17, 15) is 0 Å². The molecule has 7 aromatic carbocycles. The van der Waals surface area contributed by atoms with Crippen LogP contribution in [0.2, 0.25) is 0 Å². The van der Waals surface area contributed by atoms with Crippen LogP contribution in [0.4, 0.5) is 0 Å². The van der Waals surface area contributed by atoms with Crippen molar-refractivity contribution >= 4 is 59.0 Å². The zero-order chi connectivity index (χ0) is 27.3. The Morgan fingerprint density at radius 2 is 0.878 bits per heavy atom. The first-order valence-electron chi connectivity index (χ1n) is 13.8. The number of rotatable bonds is 3. The van der Waals surface area contributed by atoms with Crippen molar-refractivity contribution in [3.63, 3.8) is 0 Å². The van der Waals surface area contributed by atoms with Gasteiger partial charge in [0.1, 0.15) is 4.60 Å². The Morgan fingerprint density at radius 1 is 0.366 bits per heavy atom. The van der Waals surface area contributed by atoms with Gasteiger partial charge in [0.25, 0.3) is 0 Å². The van der Waals surface area contributed by atoms with Crippen molar-refractivity contribution in [1.29, 1.82) is 0 Å². The second-order valence-corrected chi connectivity index (χ2v) is 11.3. The molecule has 8 aromatic rings. The van der Waals surface area contributed by atoms with E-state index in [1.165, 1.54) is 65.3 Å². The van der Waals surface area contributed by atoms with E-state index in [0.717, 1.165) is 15.9 Å². The van der Waals surface area contributed by atoms with Crippen LogP contribution in [0.5, 0.6) is 0 Å². The molecule has 0 fully saturated rings. The molecule has 1 nitrogen and oxygen atoms in total. The fraction of sp³-hybridized carbons (Fsp3) is 0. The Morgan fingerprint density at radius 3 is 1.49 bits per heavy atom. The number of nitrogens with zero attached hydrogens (tertiary/aromatic N) is 1. The molecule has 1 aromatic heterocycles. The van der Waals surface area contributed by atoms with E-state index in [-0.39, 0.29) is 0 Å². The standard InChI is InChI=1S/C39H24BrN/c40-37-15-7-14-36(41-37)29-20-21-34-35(24-29)39(31-19-17-26-9-2-4-11-28(26)23-31)33-13-6-5-12-32(33)38(34)30-18-16-25-8-1-3-10-27(25)22-30/h1-24H. The molecule has 0 aliphatic heterocycles. The van der Waals surface area contributed by atoms with Crippen LogP contribution in [0.15, 0.2) is 150 Å². The van der Waals surface area contributed by atoms with Gasteiger partial charge in [-0.25, -0.2) is 4.98 Å². The van der Waals surface area contributed by atoms with Crippen LogP contribution >= 0.6 is 15.9 Å². The van der Waals surface area contributed by atoms with Gasteiger partial charge in [-0.1, -0.05) is 115 Å². The Labute approximate surface area is 246 Å². The first kappa shape index (κ1) is 24.0. The molecule has 0 N–H and O–H groups in total. The zero-order valence-electron chi connectivity index (χ0n) is 22.2. The first-order chi connectivity index (χ1) is 20.2. The molecule has 0 unspecified atom stereocenters. The highest BCUT2D eigenvalue weighted by Crippen LogP contribution is 2.45. The smallest absolute Gasteiger partial charge is 0.106 e. The normalized spacial score (nSPS) is 11.5. The topological polar surface area (TPSA) is 12.9 Å². The first-order valence-corrected chi connectivity index (χ1v) is 14.6. The summed E-state index contributed by atoms with van der Waals surface area (Å²) in [5, 5.41) is 9.95. The lowest BCUT2D eigenvalue weighted by molar-refractivity contribution is 1.28. The summed E-state index contributed by atoms with van der Waals surface area (Å²) in [4.78, 5) is 4.79. The van der Waals surface area contributed by atoms with Crippen LogP contribution in [0.1, 0.15) is 0 Å². The van der Waals surface area contributed by atoms with E-state index >= 15 is 0 Å². The summed E-state index contributed by atoms with van der Waals surface area (Å²) in [6, 6.07) is 52.6. The van der Waals surface area contributed by atoms with Gasteiger partial charge in [-0.15, -0.1) is 0 Å². The molecule has 8 rings (SSSR count). The molecule has 0 atom stereocenters. The van der Waals surface area contributed by atoms with Crippen LogP contribution in [0.3, 0.4) is 0 Å². The molecule has 0 saturated carbocycles. The minimum absolute atomic E-state index is 0.834. The largest absolute Gasteiger partial charge is 0.241 e. The van der Waals surface area contributed by atoms with Gasteiger partial charge in [-0.2, -0.15) is 0 Å². The van der Waals surface area contributed by atoms with Gasteiger partial charge >= 0.3 is 0 Å². The molecule has 0 saturated heterocycles. The average Bonchev–Trinajstić information content (AvgIpc) is 3.03. The fourth-order valence-electron chi connectivity index (χ4n) is 6.22. The second kappa shape index (κ2) is 9.69. The molecule has 0 radical (unpaired) electrons. The van der Waals surface area contributed by atoms with Gasteiger partial charge < -0.3 is 0 Å². The maximum atomic E-state index is 4.79. The van der Waals surface area contributed by atoms with E-state index in [1.807, 2.05) is 12.1 Å². The SMILES string of the molecule is Brc1cccc(-c2ccc3c(-c4ccc5ccccc5c4)c4ccccc4c(-c4ccc5ccccc5c4)c3c2)n1. The molecule has 0 aliphatic rings. The summed E-state index contributed by atoms with van der Waals surface area (Å²) in [5.74, 6) is 0. The lowest BCUT2D eigenvalue weighted by Gasteiger charge is -2.19. The van der Waals surface area contributed by atoms with Crippen LogP contribution in [-0.4, -0.2) is 4.98 Å². The van der Waals surface area contributed by atoms with Gasteiger partial charge in [-0.3, -0.25) is 0 Å². The predicted octanol–water partition coefficient (Wildman–Crippen LogP) is 11.5. The van der Waals surface area contributed by atoms with Gasteiger partial charge in [0.15, 0.2) is 0 Å². The molecule has 0 aliphatic carbocycles. The number of benzene rings is 7. The minimum atomic E-state index is 0.834.